The van der Waals surface area contributed by atoms with Gasteiger partial charge in [0.15, 0.2) is 0 Å². The molecule has 0 saturated heterocycles. The van der Waals surface area contributed by atoms with Crippen LogP contribution in [0.5, 0.6) is 0 Å². The first-order valence-electron chi connectivity index (χ1n) is 7.31. The lowest BCUT2D eigenvalue weighted by molar-refractivity contribution is 0.708. The van der Waals surface area contributed by atoms with Gasteiger partial charge in [0.1, 0.15) is 0 Å². The normalized spacial score (nSPS) is 14.4. The molecule has 1 N–H and O–H groups in total. The van der Waals surface area contributed by atoms with Crippen molar-refractivity contribution in [2.75, 3.05) is 11.4 Å². The first kappa shape index (κ1) is 13.6. The maximum Gasteiger partial charge on any atom is 0.0562 e. The molecule has 2 aromatic rings. The van der Waals surface area contributed by atoms with Crippen molar-refractivity contribution in [1.82, 2.24) is 10.3 Å². The molecule has 1 aliphatic carbocycles. The highest BCUT2D eigenvalue weighted by Crippen LogP contribution is 2.33. The minimum Gasteiger partial charge on any atom is -0.363 e. The molecule has 1 saturated carbocycles. The van der Waals surface area contributed by atoms with E-state index < -0.39 is 0 Å². The zero-order valence-corrected chi connectivity index (χ0v) is 12.7. The first-order valence-corrected chi connectivity index (χ1v) is 8.19. The summed E-state index contributed by atoms with van der Waals surface area (Å²) in [6, 6.07) is 9.44. The fourth-order valence-corrected chi connectivity index (χ4v) is 3.08. The van der Waals surface area contributed by atoms with Gasteiger partial charge in [0.2, 0.25) is 0 Å². The SMILES string of the molecule is CCNCc1cc(N(Cc2cccs2)C2CC2)ccn1. The van der Waals surface area contributed by atoms with Crippen molar-refractivity contribution in [2.45, 2.75) is 38.9 Å². The van der Waals surface area contributed by atoms with Crippen molar-refractivity contribution in [3.8, 4) is 0 Å². The second-order valence-corrected chi connectivity index (χ2v) is 6.26. The molecule has 0 amide bonds. The van der Waals surface area contributed by atoms with Crippen molar-refractivity contribution in [3.05, 3.63) is 46.4 Å². The summed E-state index contributed by atoms with van der Waals surface area (Å²) < 4.78 is 0. The Hall–Kier alpha value is -1.39. The van der Waals surface area contributed by atoms with E-state index in [0.29, 0.717) is 6.04 Å². The third-order valence-electron chi connectivity index (χ3n) is 3.58. The van der Waals surface area contributed by atoms with Crippen LogP contribution in [0.4, 0.5) is 5.69 Å². The summed E-state index contributed by atoms with van der Waals surface area (Å²) in [6.45, 7) is 4.97. The molecule has 3 nitrogen and oxygen atoms in total. The van der Waals surface area contributed by atoms with Gasteiger partial charge >= 0.3 is 0 Å². The van der Waals surface area contributed by atoms with E-state index in [4.69, 9.17) is 0 Å². The molecule has 0 spiro atoms. The monoisotopic (exact) mass is 287 g/mol. The number of pyridine rings is 1. The molecule has 0 radical (unpaired) electrons. The Bertz CT molecular complexity index is 534. The molecule has 20 heavy (non-hydrogen) atoms. The summed E-state index contributed by atoms with van der Waals surface area (Å²) in [6.07, 6.45) is 4.57. The summed E-state index contributed by atoms with van der Waals surface area (Å²) in [5.74, 6) is 0. The fraction of sp³-hybridized carbons (Fsp3) is 0.438. The highest BCUT2D eigenvalue weighted by atomic mass is 32.1. The minimum atomic E-state index is 0.714. The molecule has 0 unspecified atom stereocenters. The molecular formula is C16H21N3S. The van der Waals surface area contributed by atoms with E-state index in [0.717, 1.165) is 25.3 Å². The summed E-state index contributed by atoms with van der Waals surface area (Å²) >= 11 is 1.84. The number of thiophene rings is 1. The predicted molar refractivity (Wildman–Crippen MR) is 85.1 cm³/mol. The lowest BCUT2D eigenvalue weighted by Gasteiger charge is -2.24. The minimum absolute atomic E-state index is 0.714. The van der Waals surface area contributed by atoms with E-state index in [9.17, 15) is 0 Å². The van der Waals surface area contributed by atoms with Crippen molar-refractivity contribution in [2.24, 2.45) is 0 Å². The Morgan fingerprint density at radius 3 is 3.00 bits per heavy atom. The van der Waals surface area contributed by atoms with E-state index in [1.54, 1.807) is 0 Å². The fourth-order valence-electron chi connectivity index (χ4n) is 2.38. The summed E-state index contributed by atoms with van der Waals surface area (Å²) in [4.78, 5) is 8.41. The van der Waals surface area contributed by atoms with Gasteiger partial charge in [0, 0.05) is 29.3 Å². The van der Waals surface area contributed by atoms with Gasteiger partial charge in [0.05, 0.1) is 12.2 Å². The van der Waals surface area contributed by atoms with Crippen LogP contribution in [0, 0.1) is 0 Å². The molecule has 2 aromatic heterocycles. The second kappa shape index (κ2) is 6.37. The van der Waals surface area contributed by atoms with E-state index in [1.165, 1.54) is 23.4 Å². The van der Waals surface area contributed by atoms with Crippen LogP contribution < -0.4 is 10.2 Å². The molecule has 0 aliphatic heterocycles. The van der Waals surface area contributed by atoms with Gasteiger partial charge in [-0.25, -0.2) is 0 Å². The Morgan fingerprint density at radius 2 is 2.30 bits per heavy atom. The number of nitrogens with one attached hydrogen (secondary N) is 1. The lowest BCUT2D eigenvalue weighted by atomic mass is 10.2. The topological polar surface area (TPSA) is 28.2 Å². The molecule has 2 heterocycles. The van der Waals surface area contributed by atoms with E-state index >= 15 is 0 Å². The maximum absolute atomic E-state index is 4.45. The molecule has 1 fully saturated rings. The largest absolute Gasteiger partial charge is 0.363 e. The smallest absolute Gasteiger partial charge is 0.0562 e. The van der Waals surface area contributed by atoms with Crippen LogP contribution in [0.2, 0.25) is 0 Å². The Morgan fingerprint density at radius 1 is 1.40 bits per heavy atom. The Labute approximate surface area is 124 Å². The lowest BCUT2D eigenvalue weighted by Crippen LogP contribution is -2.25. The third kappa shape index (κ3) is 3.38. The first-order chi connectivity index (χ1) is 9.86. The van der Waals surface area contributed by atoms with Crippen molar-refractivity contribution in [3.63, 3.8) is 0 Å². The maximum atomic E-state index is 4.45. The van der Waals surface area contributed by atoms with E-state index in [-0.39, 0.29) is 0 Å². The van der Waals surface area contributed by atoms with Crippen LogP contribution in [0.25, 0.3) is 0 Å². The van der Waals surface area contributed by atoms with Crippen molar-refractivity contribution in [1.29, 1.82) is 0 Å². The van der Waals surface area contributed by atoms with Gasteiger partial charge in [-0.1, -0.05) is 13.0 Å². The van der Waals surface area contributed by atoms with Crippen LogP contribution in [-0.4, -0.2) is 17.6 Å². The van der Waals surface area contributed by atoms with Gasteiger partial charge in [-0.2, -0.15) is 0 Å². The van der Waals surface area contributed by atoms with Crippen LogP contribution in [0.1, 0.15) is 30.3 Å². The molecular weight excluding hydrogens is 266 g/mol. The van der Waals surface area contributed by atoms with Gasteiger partial charge in [-0.05, 0) is 43.0 Å². The number of aromatic nitrogens is 1. The highest BCUT2D eigenvalue weighted by Gasteiger charge is 2.29. The Balaban J connectivity index is 1.76. The molecule has 0 aromatic carbocycles. The van der Waals surface area contributed by atoms with Crippen molar-refractivity contribution < 1.29 is 0 Å². The second-order valence-electron chi connectivity index (χ2n) is 5.22. The number of hydrogen-bond donors (Lipinski definition) is 1. The molecule has 0 bridgehead atoms. The van der Waals surface area contributed by atoms with Gasteiger partial charge in [-0.15, -0.1) is 11.3 Å². The number of hydrogen-bond acceptors (Lipinski definition) is 4. The summed E-state index contributed by atoms with van der Waals surface area (Å²) in [5, 5.41) is 5.50. The standard InChI is InChI=1S/C16H21N3S/c1-2-17-11-13-10-15(7-8-18-13)19(14-5-6-14)12-16-4-3-9-20-16/h3-4,7-10,14,17H,2,5-6,11-12H2,1H3. The number of nitrogens with zero attached hydrogens (tertiary/aromatic N) is 2. The highest BCUT2D eigenvalue weighted by molar-refractivity contribution is 7.09. The molecule has 0 atom stereocenters. The van der Waals surface area contributed by atoms with E-state index in [2.05, 4.69) is 51.8 Å². The van der Waals surface area contributed by atoms with Crippen LogP contribution in [-0.2, 0) is 13.1 Å². The van der Waals surface area contributed by atoms with Crippen molar-refractivity contribution >= 4 is 17.0 Å². The van der Waals surface area contributed by atoms with E-state index in [1.807, 2.05) is 17.5 Å². The number of rotatable bonds is 7. The number of anilines is 1. The average Bonchev–Trinajstić information content (AvgIpc) is 3.19. The van der Waals surface area contributed by atoms with Gasteiger partial charge < -0.3 is 10.2 Å². The van der Waals surface area contributed by atoms with Crippen LogP contribution >= 0.6 is 11.3 Å². The van der Waals surface area contributed by atoms with Crippen LogP contribution in [0.15, 0.2) is 35.8 Å². The predicted octanol–water partition coefficient (Wildman–Crippen LogP) is 3.42. The molecule has 106 valence electrons. The zero-order chi connectivity index (χ0) is 13.8. The third-order valence-corrected chi connectivity index (χ3v) is 4.44. The van der Waals surface area contributed by atoms with Crippen LogP contribution in [0.3, 0.4) is 0 Å². The Kier molecular flexibility index (Phi) is 4.33. The van der Waals surface area contributed by atoms with Gasteiger partial charge in [0.25, 0.3) is 0 Å². The summed E-state index contributed by atoms with van der Waals surface area (Å²) in [5.41, 5.74) is 2.44. The zero-order valence-electron chi connectivity index (χ0n) is 11.9. The molecule has 3 rings (SSSR count). The summed E-state index contributed by atoms with van der Waals surface area (Å²) in [7, 11) is 0. The molecule has 4 heteroatoms. The average molecular weight is 287 g/mol. The van der Waals surface area contributed by atoms with Gasteiger partial charge in [-0.3, -0.25) is 4.98 Å². The molecule has 1 aliphatic rings. The quantitative estimate of drug-likeness (QED) is 0.845.